The van der Waals surface area contributed by atoms with E-state index in [0.29, 0.717) is 17.3 Å². The maximum atomic E-state index is 13.5. The Labute approximate surface area is 137 Å². The molecule has 2 rings (SSSR count). The Kier molecular flexibility index (Phi) is 5.47. The van der Waals surface area contributed by atoms with Crippen molar-refractivity contribution in [1.82, 2.24) is 0 Å². The molecule has 0 heterocycles. The number of carbonyl (C=O) groups is 2. The van der Waals surface area contributed by atoms with Gasteiger partial charge in [0.2, 0.25) is 5.91 Å². The van der Waals surface area contributed by atoms with Gasteiger partial charge in [0.1, 0.15) is 11.6 Å². The number of anilines is 2. The van der Waals surface area contributed by atoms with Gasteiger partial charge in [-0.3, -0.25) is 4.79 Å². The number of hydrogen-bond donors (Lipinski definition) is 2. The number of esters is 1. The summed E-state index contributed by atoms with van der Waals surface area (Å²) in [6.45, 7) is 1.66. The van der Waals surface area contributed by atoms with Crippen molar-refractivity contribution in [2.24, 2.45) is 0 Å². The van der Waals surface area contributed by atoms with Crippen LogP contribution in [0, 0.1) is 18.6 Å². The van der Waals surface area contributed by atoms with Gasteiger partial charge in [-0.25, -0.2) is 13.6 Å². The highest BCUT2D eigenvalue weighted by Crippen LogP contribution is 2.18. The van der Waals surface area contributed by atoms with Crippen molar-refractivity contribution in [2.75, 3.05) is 24.3 Å². The van der Waals surface area contributed by atoms with Gasteiger partial charge in [0.05, 0.1) is 24.9 Å². The number of ether oxygens (including phenoxy) is 1. The Balaban J connectivity index is 2.02. The second-order valence-corrected chi connectivity index (χ2v) is 5.05. The molecule has 0 aliphatic rings. The number of amides is 1. The van der Waals surface area contributed by atoms with Gasteiger partial charge < -0.3 is 15.4 Å². The third kappa shape index (κ3) is 4.28. The minimum Gasteiger partial charge on any atom is -0.465 e. The minimum absolute atomic E-state index is 0.108. The van der Waals surface area contributed by atoms with E-state index in [-0.39, 0.29) is 12.2 Å². The average Bonchev–Trinajstić information content (AvgIpc) is 2.56. The number of aryl methyl sites for hydroxylation is 1. The second kappa shape index (κ2) is 7.54. The number of carbonyl (C=O) groups excluding carboxylic acids is 2. The summed E-state index contributed by atoms with van der Waals surface area (Å²) in [4.78, 5) is 23.4. The van der Waals surface area contributed by atoms with Crippen LogP contribution in [-0.4, -0.2) is 25.5 Å². The summed E-state index contributed by atoms with van der Waals surface area (Å²) in [7, 11) is 1.28. The molecule has 0 bridgehead atoms. The van der Waals surface area contributed by atoms with Crippen molar-refractivity contribution >= 4 is 23.3 Å². The maximum Gasteiger partial charge on any atom is 0.337 e. The number of rotatable bonds is 5. The highest BCUT2D eigenvalue weighted by atomic mass is 19.1. The number of benzene rings is 2. The van der Waals surface area contributed by atoms with Crippen LogP contribution in [0.25, 0.3) is 0 Å². The molecular weight excluding hydrogens is 318 g/mol. The predicted molar refractivity (Wildman–Crippen MR) is 86.0 cm³/mol. The zero-order valence-corrected chi connectivity index (χ0v) is 13.2. The second-order valence-electron chi connectivity index (χ2n) is 5.05. The van der Waals surface area contributed by atoms with E-state index >= 15 is 0 Å². The number of nitrogens with one attached hydrogen (secondary N) is 2. The van der Waals surface area contributed by atoms with E-state index in [1.807, 2.05) is 0 Å². The van der Waals surface area contributed by atoms with E-state index in [1.54, 1.807) is 25.1 Å². The summed E-state index contributed by atoms with van der Waals surface area (Å²) in [6.07, 6.45) is 0. The Morgan fingerprint density at radius 2 is 1.83 bits per heavy atom. The molecule has 0 spiro atoms. The Morgan fingerprint density at radius 1 is 1.08 bits per heavy atom. The van der Waals surface area contributed by atoms with E-state index in [0.717, 1.165) is 17.7 Å². The first-order valence-electron chi connectivity index (χ1n) is 7.08. The van der Waals surface area contributed by atoms with E-state index < -0.39 is 23.5 Å². The van der Waals surface area contributed by atoms with Gasteiger partial charge in [-0.2, -0.15) is 0 Å². The van der Waals surface area contributed by atoms with Crippen LogP contribution in [-0.2, 0) is 9.53 Å². The molecule has 7 heteroatoms. The van der Waals surface area contributed by atoms with E-state index in [4.69, 9.17) is 0 Å². The van der Waals surface area contributed by atoms with Gasteiger partial charge in [0, 0.05) is 11.8 Å². The molecule has 0 aliphatic carbocycles. The maximum absolute atomic E-state index is 13.5. The molecule has 0 unspecified atom stereocenters. The lowest BCUT2D eigenvalue weighted by Crippen LogP contribution is -2.22. The highest BCUT2D eigenvalue weighted by molar-refractivity contribution is 5.94. The molecule has 24 heavy (non-hydrogen) atoms. The molecule has 0 aromatic heterocycles. The summed E-state index contributed by atoms with van der Waals surface area (Å²) in [5.41, 5.74) is 1.63. The number of hydrogen-bond acceptors (Lipinski definition) is 4. The van der Waals surface area contributed by atoms with Crippen molar-refractivity contribution in [1.29, 1.82) is 0 Å². The lowest BCUT2D eigenvalue weighted by atomic mass is 10.1. The van der Waals surface area contributed by atoms with Gasteiger partial charge in [-0.05, 0) is 36.8 Å². The third-order valence-electron chi connectivity index (χ3n) is 3.30. The topological polar surface area (TPSA) is 67.4 Å². The van der Waals surface area contributed by atoms with E-state index in [1.165, 1.54) is 7.11 Å². The minimum atomic E-state index is -0.854. The van der Waals surface area contributed by atoms with Crippen LogP contribution in [0.5, 0.6) is 0 Å². The fraction of sp³-hybridized carbons (Fsp3) is 0.176. The fourth-order valence-corrected chi connectivity index (χ4v) is 2.02. The first-order valence-corrected chi connectivity index (χ1v) is 7.08. The van der Waals surface area contributed by atoms with Crippen LogP contribution < -0.4 is 10.6 Å². The molecule has 5 nitrogen and oxygen atoms in total. The smallest absolute Gasteiger partial charge is 0.337 e. The molecule has 0 fully saturated rings. The van der Waals surface area contributed by atoms with Crippen LogP contribution in [0.1, 0.15) is 15.9 Å². The molecule has 2 N–H and O–H groups in total. The van der Waals surface area contributed by atoms with Gasteiger partial charge in [0.25, 0.3) is 0 Å². The average molecular weight is 334 g/mol. The van der Waals surface area contributed by atoms with Crippen molar-refractivity contribution in [3.8, 4) is 0 Å². The van der Waals surface area contributed by atoms with Gasteiger partial charge >= 0.3 is 5.97 Å². The monoisotopic (exact) mass is 334 g/mol. The van der Waals surface area contributed by atoms with Gasteiger partial charge in [0.15, 0.2) is 0 Å². The van der Waals surface area contributed by atoms with Crippen molar-refractivity contribution in [3.63, 3.8) is 0 Å². The van der Waals surface area contributed by atoms with Crippen molar-refractivity contribution in [3.05, 3.63) is 59.2 Å². The zero-order valence-electron chi connectivity index (χ0n) is 13.2. The van der Waals surface area contributed by atoms with Crippen molar-refractivity contribution in [2.45, 2.75) is 6.92 Å². The molecule has 1 amide bonds. The van der Waals surface area contributed by atoms with E-state index in [2.05, 4.69) is 15.4 Å². The van der Waals surface area contributed by atoms with Crippen molar-refractivity contribution < 1.29 is 23.1 Å². The summed E-state index contributed by atoms with van der Waals surface area (Å²) in [6, 6.07) is 7.77. The molecule has 0 radical (unpaired) electrons. The molecule has 0 aliphatic heterocycles. The molecule has 0 saturated heterocycles. The summed E-state index contributed by atoms with van der Waals surface area (Å²) < 4.78 is 31.0. The molecule has 0 atom stereocenters. The largest absolute Gasteiger partial charge is 0.465 e. The molecule has 2 aromatic rings. The lowest BCUT2D eigenvalue weighted by molar-refractivity contribution is -0.114. The zero-order chi connectivity index (χ0) is 17.7. The third-order valence-corrected chi connectivity index (χ3v) is 3.30. The van der Waals surface area contributed by atoms with E-state index in [9.17, 15) is 18.4 Å². The predicted octanol–water partition coefficient (Wildman–Crippen LogP) is 3.11. The molecule has 0 saturated carbocycles. The van der Waals surface area contributed by atoms with Gasteiger partial charge in [-0.15, -0.1) is 0 Å². The first kappa shape index (κ1) is 17.4. The SMILES string of the molecule is COC(=O)c1ccc(C)c(NCC(=O)Nc2ccc(F)cc2F)c1. The standard InChI is InChI=1S/C17H16F2N2O3/c1-10-3-4-11(17(23)24-2)7-15(10)20-9-16(22)21-14-6-5-12(18)8-13(14)19/h3-8,20H,9H2,1-2H3,(H,21,22). The summed E-state index contributed by atoms with van der Waals surface area (Å²) >= 11 is 0. The molecule has 2 aromatic carbocycles. The molecule has 126 valence electrons. The van der Waals surface area contributed by atoms with Gasteiger partial charge in [-0.1, -0.05) is 6.07 Å². The van der Waals surface area contributed by atoms with Crippen LogP contribution in [0.15, 0.2) is 36.4 Å². The lowest BCUT2D eigenvalue weighted by Gasteiger charge is -2.11. The summed E-state index contributed by atoms with van der Waals surface area (Å²) in [5, 5.41) is 5.21. The Morgan fingerprint density at radius 3 is 2.50 bits per heavy atom. The normalized spacial score (nSPS) is 10.2. The quantitative estimate of drug-likeness (QED) is 0.825. The Bertz CT molecular complexity index is 778. The van der Waals surface area contributed by atoms with Crippen LogP contribution in [0.2, 0.25) is 0 Å². The summed E-state index contributed by atoms with van der Waals surface area (Å²) in [5.74, 6) is -2.58. The number of methoxy groups -OCH3 is 1. The molecular formula is C17H16F2N2O3. The number of halogens is 2. The van der Waals surface area contributed by atoms with Crippen LogP contribution in [0.3, 0.4) is 0 Å². The highest BCUT2D eigenvalue weighted by Gasteiger charge is 2.11. The van der Waals surface area contributed by atoms with Crippen LogP contribution >= 0.6 is 0 Å². The first-order chi connectivity index (χ1) is 11.4. The Hall–Kier alpha value is -2.96. The van der Waals surface area contributed by atoms with Crippen LogP contribution in [0.4, 0.5) is 20.2 Å². The fourth-order valence-electron chi connectivity index (χ4n) is 2.02.